The van der Waals surface area contributed by atoms with E-state index in [0.29, 0.717) is 47.6 Å². The minimum Gasteiger partial charge on any atom is -0.396 e. The van der Waals surface area contributed by atoms with E-state index in [9.17, 15) is 38.7 Å². The number of benzene rings is 1. The first-order chi connectivity index (χ1) is 39.9. The summed E-state index contributed by atoms with van der Waals surface area (Å²) in [6.07, 6.45) is 20.0. The van der Waals surface area contributed by atoms with Crippen molar-refractivity contribution in [2.45, 2.75) is 249 Å². The summed E-state index contributed by atoms with van der Waals surface area (Å²) in [6, 6.07) is 15.7. The number of hydrogen-bond acceptors (Lipinski definition) is 10. The highest BCUT2D eigenvalue weighted by Crippen LogP contribution is 2.48. The Bertz CT molecular complexity index is 2510. The van der Waals surface area contributed by atoms with Crippen LogP contribution in [0.25, 0.3) is 0 Å². The first kappa shape index (κ1) is 81.8. The van der Waals surface area contributed by atoms with Gasteiger partial charge in [-0.1, -0.05) is 168 Å². The molecule has 4 aliphatic rings. The Morgan fingerprint density at radius 1 is 0.644 bits per heavy atom. The lowest BCUT2D eigenvalue weighted by molar-refractivity contribution is -0.144. The van der Waals surface area contributed by atoms with Crippen LogP contribution < -0.4 is 4.90 Å². The van der Waals surface area contributed by atoms with Gasteiger partial charge in [-0.2, -0.15) is 0 Å². The second-order valence-corrected chi connectivity index (χ2v) is 28.7. The number of Topliss-reactive ketones (excluding diaryl/α,β-unsaturated/α-hetero) is 5. The largest absolute Gasteiger partial charge is 0.396 e. The van der Waals surface area contributed by atoms with Crippen LogP contribution in [-0.2, 0) is 46.4 Å². The van der Waals surface area contributed by atoms with E-state index in [1.165, 1.54) is 50.5 Å². The highest BCUT2D eigenvalue weighted by atomic mass is 16.3. The third-order valence-corrected chi connectivity index (χ3v) is 16.9. The molecule has 0 spiro atoms. The van der Waals surface area contributed by atoms with Crippen LogP contribution in [-0.4, -0.2) is 87.4 Å². The van der Waals surface area contributed by atoms with Gasteiger partial charge in [0.05, 0.1) is 0 Å². The van der Waals surface area contributed by atoms with Crippen LogP contribution in [0.1, 0.15) is 243 Å². The van der Waals surface area contributed by atoms with E-state index in [2.05, 4.69) is 37.7 Å². The van der Waals surface area contributed by atoms with Crippen LogP contribution in [0.5, 0.6) is 0 Å². The minimum absolute atomic E-state index is 0. The van der Waals surface area contributed by atoms with Crippen molar-refractivity contribution >= 4 is 46.4 Å². The first-order valence-electron chi connectivity index (χ1n) is 32.6. The predicted octanol–water partition coefficient (Wildman–Crippen LogP) is 16.8. The zero-order valence-electron chi connectivity index (χ0n) is 57.9. The number of hydrogen-bond donors (Lipinski definition) is 1. The lowest BCUT2D eigenvalue weighted by atomic mass is 9.82. The molecule has 0 bridgehead atoms. The topological polar surface area (TPSA) is 172 Å². The number of aliphatic hydroxyl groups is 1. The summed E-state index contributed by atoms with van der Waals surface area (Å²) in [5, 5.41) is 9.22. The number of aromatic nitrogens is 2. The van der Waals surface area contributed by atoms with Crippen molar-refractivity contribution in [3.8, 4) is 0 Å². The smallest absolute Gasteiger partial charge is 0.229 e. The number of nitrogens with zero attached hydrogens (tertiary/aromatic N) is 4. The molecule has 1 aliphatic heterocycles. The molecule has 12 heteroatoms. The molecule has 1 N–H and O–H groups in total. The fraction of sp³-hybridized carbons (Fsp3) is 0.693. The van der Waals surface area contributed by atoms with Gasteiger partial charge in [0.1, 0.15) is 28.9 Å². The Morgan fingerprint density at radius 2 is 1.18 bits per heavy atom. The molecule has 3 heterocycles. The summed E-state index contributed by atoms with van der Waals surface area (Å²) in [7, 11) is 1.81. The van der Waals surface area contributed by atoms with Crippen molar-refractivity contribution in [3.63, 3.8) is 0 Å². The highest BCUT2D eigenvalue weighted by molar-refractivity contribution is 5.94. The van der Waals surface area contributed by atoms with Gasteiger partial charge in [0.25, 0.3) is 0 Å². The quantitative estimate of drug-likeness (QED) is 0.115. The van der Waals surface area contributed by atoms with E-state index >= 15 is 0 Å². The van der Waals surface area contributed by atoms with E-state index < -0.39 is 0 Å². The number of ketones is 5. The second kappa shape index (κ2) is 40.4. The standard InChI is InChI=1S/C12H17NO.C12H22O.2C11H15NO.C10H18O2.C9H17NO.C9H16O.CH4/c1-9(2)12(14)13(4)11-7-5-10(3)6-8-11;1-9(2)12(13)7-6-11-5-4-10(3)8-11;1-8(2)11(13)6-10-5-4-9(3)12-7-10;1-8(2)11(13)7-10-6-9(3)4-5-12-10;1-9(12)4-7-10(8-11)5-2-3-6-10;1-7(2)8(11)10-5-9(3,4)6-10;1-7(2)8(10)6-9(3)4-5-9;/h5-9H,1-4H3;9-11H,4-8H2,1-3H3;4-5,7-8H,6H2,1-3H3;4-6,8H,7H2,1-3H3;11H,2-8H2,1H3;7H,5-6H2,1-4H3;7H,4-6H2,1-3H3;1H4. The molecule has 1 saturated heterocycles. The fourth-order valence-electron chi connectivity index (χ4n) is 10.2. The van der Waals surface area contributed by atoms with Gasteiger partial charge in [0.15, 0.2) is 0 Å². The monoisotopic (exact) mass is 1210 g/mol. The molecule has 1 aromatic carbocycles. The number of carbonyl (C=O) groups excluding carboxylic acids is 7. The summed E-state index contributed by atoms with van der Waals surface area (Å²) < 4.78 is 0. The number of carbonyl (C=O) groups is 7. The summed E-state index contributed by atoms with van der Waals surface area (Å²) in [5.74, 6) is 4.71. The molecular weight excluding hydrogens is 1080 g/mol. The summed E-state index contributed by atoms with van der Waals surface area (Å²) in [4.78, 5) is 91.0. The number of likely N-dealkylation sites (tertiary alicyclic amines) is 1. The molecule has 2 atom stereocenters. The first-order valence-corrected chi connectivity index (χ1v) is 32.6. The van der Waals surface area contributed by atoms with Crippen LogP contribution in [0.2, 0.25) is 0 Å². The maximum absolute atomic E-state index is 11.7. The molecule has 2 unspecified atom stereocenters. The molecule has 0 radical (unpaired) electrons. The Balaban J connectivity index is 0.000000992. The van der Waals surface area contributed by atoms with E-state index in [-0.39, 0.29) is 78.2 Å². The number of pyridine rings is 2. The Hall–Kier alpha value is -5.23. The number of aliphatic hydroxyl groups excluding tert-OH is 1. The Morgan fingerprint density at radius 3 is 1.60 bits per heavy atom. The highest BCUT2D eigenvalue weighted by Gasteiger charge is 2.39. The van der Waals surface area contributed by atoms with Crippen LogP contribution in [0.4, 0.5) is 5.69 Å². The van der Waals surface area contributed by atoms with Crippen molar-refractivity contribution in [2.75, 3.05) is 31.6 Å². The Labute approximate surface area is 530 Å². The number of anilines is 1. The molecular formula is C75H124N4O8. The third kappa shape index (κ3) is 34.4. The van der Waals surface area contributed by atoms with Gasteiger partial charge in [0.2, 0.25) is 11.8 Å². The van der Waals surface area contributed by atoms with E-state index in [1.54, 1.807) is 24.2 Å². The van der Waals surface area contributed by atoms with Crippen LogP contribution in [0, 0.1) is 84.4 Å². The molecule has 87 heavy (non-hydrogen) atoms. The molecule has 12 nitrogen and oxygen atoms in total. The maximum Gasteiger partial charge on any atom is 0.229 e. The molecule has 2 amide bonds. The zero-order valence-corrected chi connectivity index (χ0v) is 57.9. The van der Waals surface area contributed by atoms with Gasteiger partial charge < -0.3 is 19.7 Å². The molecule has 3 aromatic rings. The SMILES string of the molecule is C.CC(=O)CCC1(CO)CCCC1.CC(C)C(=O)CC1(C)CC1.CC(C)C(=O)N1CC(C)(C)C1.CC1CCC(CCC(=O)C(C)C)C1.Cc1ccc(CC(=O)C(C)C)cn1.Cc1ccc(N(C)C(=O)C(C)C)cc1.Cc1ccnc(CC(=O)C(C)C)c1. The van der Waals surface area contributed by atoms with Gasteiger partial charge in [0, 0.05) is 124 Å². The van der Waals surface area contributed by atoms with Crippen LogP contribution >= 0.6 is 0 Å². The molecule has 7 rings (SSSR count). The van der Waals surface area contributed by atoms with Crippen molar-refractivity contribution < 1.29 is 38.7 Å². The lowest BCUT2D eigenvalue weighted by Crippen LogP contribution is -2.56. The van der Waals surface area contributed by atoms with Crippen LogP contribution in [0.15, 0.2) is 60.9 Å². The zero-order chi connectivity index (χ0) is 65.7. The molecule has 492 valence electrons. The Kier molecular flexibility index (Phi) is 38.0. The number of rotatable bonds is 20. The summed E-state index contributed by atoms with van der Waals surface area (Å²) in [5.41, 5.74) is 7.05. The summed E-state index contributed by atoms with van der Waals surface area (Å²) in [6.45, 7) is 42.0. The van der Waals surface area contributed by atoms with Gasteiger partial charge in [-0.3, -0.25) is 38.7 Å². The molecule has 2 aromatic heterocycles. The van der Waals surface area contributed by atoms with E-state index in [0.717, 1.165) is 91.7 Å². The van der Waals surface area contributed by atoms with E-state index in [4.69, 9.17) is 0 Å². The predicted molar refractivity (Wildman–Crippen MR) is 362 cm³/mol. The van der Waals surface area contributed by atoms with Gasteiger partial charge >= 0.3 is 0 Å². The normalized spacial score (nSPS) is 17.1. The maximum atomic E-state index is 11.7. The van der Waals surface area contributed by atoms with Gasteiger partial charge in [-0.25, -0.2) is 0 Å². The minimum atomic E-state index is 0. The molecule has 4 fully saturated rings. The average Bonchev–Trinajstić information content (AvgIpc) is 1.97. The number of aryl methyl sites for hydroxylation is 3. The second-order valence-electron chi connectivity index (χ2n) is 28.7. The van der Waals surface area contributed by atoms with Crippen molar-refractivity contribution in [1.29, 1.82) is 0 Å². The average molecular weight is 1210 g/mol. The van der Waals surface area contributed by atoms with Gasteiger partial charge in [-0.05, 0) is 142 Å². The van der Waals surface area contributed by atoms with E-state index in [1.807, 2.05) is 164 Å². The van der Waals surface area contributed by atoms with Gasteiger partial charge in [-0.15, -0.1) is 0 Å². The van der Waals surface area contributed by atoms with Crippen LogP contribution in [0.3, 0.4) is 0 Å². The lowest BCUT2D eigenvalue weighted by Gasteiger charge is -2.46. The van der Waals surface area contributed by atoms with Crippen molar-refractivity contribution in [2.24, 2.45) is 63.6 Å². The van der Waals surface area contributed by atoms with Crippen molar-refractivity contribution in [3.05, 3.63) is 89.0 Å². The molecule has 3 saturated carbocycles. The molecule has 3 aliphatic carbocycles. The number of amides is 2. The third-order valence-electron chi connectivity index (χ3n) is 16.9. The summed E-state index contributed by atoms with van der Waals surface area (Å²) >= 11 is 0. The fourth-order valence-corrected chi connectivity index (χ4v) is 10.2. The van der Waals surface area contributed by atoms with Crippen molar-refractivity contribution in [1.82, 2.24) is 14.9 Å².